The summed E-state index contributed by atoms with van der Waals surface area (Å²) in [5.41, 5.74) is 6.99. The third-order valence-corrected chi connectivity index (χ3v) is 3.37. The molecule has 4 heteroatoms. The minimum Gasteiger partial charge on any atom is -0.488 e. The van der Waals surface area contributed by atoms with Crippen molar-refractivity contribution in [3.63, 3.8) is 0 Å². The molecule has 0 amide bonds. The SMILES string of the molecule is CC(N)c1cc(Br)ccc1OC1CCCOC1. The van der Waals surface area contributed by atoms with E-state index in [9.17, 15) is 0 Å². The standard InChI is InChI=1S/C13H18BrNO2/c1-9(15)12-7-10(14)4-5-13(12)17-11-3-2-6-16-8-11/h4-5,7,9,11H,2-3,6,8,15H2,1H3. The van der Waals surface area contributed by atoms with Crippen molar-refractivity contribution in [2.75, 3.05) is 13.2 Å². The zero-order chi connectivity index (χ0) is 12.3. The van der Waals surface area contributed by atoms with E-state index in [-0.39, 0.29) is 12.1 Å². The second-order valence-corrected chi connectivity index (χ2v) is 5.34. The average Bonchev–Trinajstić information content (AvgIpc) is 2.32. The lowest BCUT2D eigenvalue weighted by atomic mass is 10.1. The van der Waals surface area contributed by atoms with Crippen LogP contribution in [0.1, 0.15) is 31.4 Å². The molecule has 2 rings (SSSR count). The van der Waals surface area contributed by atoms with Crippen molar-refractivity contribution >= 4 is 15.9 Å². The van der Waals surface area contributed by atoms with Gasteiger partial charge in [-0.2, -0.15) is 0 Å². The Labute approximate surface area is 110 Å². The third kappa shape index (κ3) is 3.44. The number of nitrogens with two attached hydrogens (primary N) is 1. The van der Waals surface area contributed by atoms with Gasteiger partial charge in [-0.3, -0.25) is 0 Å². The third-order valence-electron chi connectivity index (χ3n) is 2.87. The van der Waals surface area contributed by atoms with E-state index in [0.717, 1.165) is 35.2 Å². The predicted octanol–water partition coefficient (Wildman–Crippen LogP) is 3.03. The number of rotatable bonds is 3. The molecule has 1 aliphatic rings. The van der Waals surface area contributed by atoms with Gasteiger partial charge >= 0.3 is 0 Å². The van der Waals surface area contributed by atoms with E-state index >= 15 is 0 Å². The Morgan fingerprint density at radius 3 is 3.00 bits per heavy atom. The van der Waals surface area contributed by atoms with Crippen LogP contribution in [0.2, 0.25) is 0 Å². The van der Waals surface area contributed by atoms with E-state index in [4.69, 9.17) is 15.2 Å². The molecular formula is C13H18BrNO2. The molecule has 0 spiro atoms. The highest BCUT2D eigenvalue weighted by Crippen LogP contribution is 2.29. The quantitative estimate of drug-likeness (QED) is 0.933. The van der Waals surface area contributed by atoms with Gasteiger partial charge in [0.1, 0.15) is 11.9 Å². The van der Waals surface area contributed by atoms with Gasteiger partial charge in [0.05, 0.1) is 6.61 Å². The fourth-order valence-corrected chi connectivity index (χ4v) is 2.34. The van der Waals surface area contributed by atoms with Gasteiger partial charge in [-0.25, -0.2) is 0 Å². The van der Waals surface area contributed by atoms with Crippen molar-refractivity contribution in [1.29, 1.82) is 0 Å². The molecule has 2 unspecified atom stereocenters. The Hall–Kier alpha value is -0.580. The molecule has 3 nitrogen and oxygen atoms in total. The summed E-state index contributed by atoms with van der Waals surface area (Å²) in [5, 5.41) is 0. The van der Waals surface area contributed by atoms with E-state index < -0.39 is 0 Å². The summed E-state index contributed by atoms with van der Waals surface area (Å²) in [5.74, 6) is 0.874. The molecule has 2 atom stereocenters. The zero-order valence-electron chi connectivity index (χ0n) is 9.99. The molecular weight excluding hydrogens is 282 g/mol. The summed E-state index contributed by atoms with van der Waals surface area (Å²) >= 11 is 3.45. The van der Waals surface area contributed by atoms with Gasteiger partial charge in [-0.15, -0.1) is 0 Å². The van der Waals surface area contributed by atoms with Crippen molar-refractivity contribution in [2.24, 2.45) is 5.73 Å². The van der Waals surface area contributed by atoms with Crippen LogP contribution < -0.4 is 10.5 Å². The van der Waals surface area contributed by atoms with E-state index in [0.29, 0.717) is 6.61 Å². The van der Waals surface area contributed by atoms with Crippen LogP contribution in [0.5, 0.6) is 5.75 Å². The maximum absolute atomic E-state index is 5.98. The Morgan fingerprint density at radius 2 is 2.35 bits per heavy atom. The number of halogens is 1. The Balaban J connectivity index is 2.13. The smallest absolute Gasteiger partial charge is 0.124 e. The molecule has 1 aromatic carbocycles. The molecule has 94 valence electrons. The summed E-state index contributed by atoms with van der Waals surface area (Å²) in [7, 11) is 0. The van der Waals surface area contributed by atoms with Crippen LogP contribution in [-0.2, 0) is 4.74 Å². The first-order valence-electron chi connectivity index (χ1n) is 5.96. The van der Waals surface area contributed by atoms with Gasteiger partial charge in [-0.1, -0.05) is 15.9 Å². The number of benzene rings is 1. The molecule has 1 heterocycles. The maximum atomic E-state index is 5.98. The first-order valence-corrected chi connectivity index (χ1v) is 6.75. The predicted molar refractivity (Wildman–Crippen MR) is 71.2 cm³/mol. The largest absolute Gasteiger partial charge is 0.488 e. The summed E-state index contributed by atoms with van der Waals surface area (Å²) in [6.07, 6.45) is 2.27. The first kappa shape index (κ1) is 12.9. The first-order chi connectivity index (χ1) is 8.16. The highest BCUT2D eigenvalue weighted by molar-refractivity contribution is 9.10. The molecule has 0 aromatic heterocycles. The van der Waals surface area contributed by atoms with Crippen LogP contribution in [0.3, 0.4) is 0 Å². The van der Waals surface area contributed by atoms with Crippen molar-refractivity contribution in [3.05, 3.63) is 28.2 Å². The molecule has 1 fully saturated rings. The second-order valence-electron chi connectivity index (χ2n) is 4.43. The summed E-state index contributed by atoms with van der Waals surface area (Å²) in [4.78, 5) is 0. The number of hydrogen-bond donors (Lipinski definition) is 1. The van der Waals surface area contributed by atoms with Crippen LogP contribution in [0.4, 0.5) is 0 Å². The summed E-state index contributed by atoms with van der Waals surface area (Å²) in [6, 6.07) is 5.93. The maximum Gasteiger partial charge on any atom is 0.124 e. The topological polar surface area (TPSA) is 44.5 Å². The lowest BCUT2D eigenvalue weighted by Gasteiger charge is -2.25. The molecule has 0 bridgehead atoms. The van der Waals surface area contributed by atoms with E-state index in [1.807, 2.05) is 25.1 Å². The molecule has 2 N–H and O–H groups in total. The lowest BCUT2D eigenvalue weighted by Crippen LogP contribution is -2.28. The van der Waals surface area contributed by atoms with Crippen LogP contribution in [0, 0.1) is 0 Å². The number of ether oxygens (including phenoxy) is 2. The summed E-state index contributed by atoms with van der Waals surface area (Å²) < 4.78 is 12.4. The zero-order valence-corrected chi connectivity index (χ0v) is 11.6. The fourth-order valence-electron chi connectivity index (χ4n) is 1.97. The monoisotopic (exact) mass is 299 g/mol. The summed E-state index contributed by atoms with van der Waals surface area (Å²) in [6.45, 7) is 3.49. The molecule has 0 radical (unpaired) electrons. The minimum absolute atomic E-state index is 0.0352. The normalized spacial score (nSPS) is 22.2. The van der Waals surface area contributed by atoms with Gasteiger partial charge < -0.3 is 15.2 Å². The Morgan fingerprint density at radius 1 is 1.53 bits per heavy atom. The molecule has 17 heavy (non-hydrogen) atoms. The van der Waals surface area contributed by atoms with Gasteiger partial charge in [0.15, 0.2) is 0 Å². The van der Waals surface area contributed by atoms with E-state index in [1.165, 1.54) is 0 Å². The van der Waals surface area contributed by atoms with Gasteiger partial charge in [0.2, 0.25) is 0 Å². The van der Waals surface area contributed by atoms with Crippen molar-refractivity contribution in [1.82, 2.24) is 0 Å². The van der Waals surface area contributed by atoms with Crippen molar-refractivity contribution in [3.8, 4) is 5.75 Å². The molecule has 0 aliphatic carbocycles. The molecule has 1 aliphatic heterocycles. The Bertz CT molecular complexity index is 376. The van der Waals surface area contributed by atoms with E-state index in [2.05, 4.69) is 15.9 Å². The van der Waals surface area contributed by atoms with Gasteiger partial charge in [-0.05, 0) is 38.0 Å². The molecule has 0 saturated carbocycles. The van der Waals surface area contributed by atoms with Crippen molar-refractivity contribution in [2.45, 2.75) is 31.9 Å². The number of hydrogen-bond acceptors (Lipinski definition) is 3. The fraction of sp³-hybridized carbons (Fsp3) is 0.538. The lowest BCUT2D eigenvalue weighted by molar-refractivity contribution is 0.00693. The van der Waals surface area contributed by atoms with Gasteiger partial charge in [0.25, 0.3) is 0 Å². The van der Waals surface area contributed by atoms with Gasteiger partial charge in [0, 0.05) is 22.7 Å². The van der Waals surface area contributed by atoms with Crippen LogP contribution in [0.25, 0.3) is 0 Å². The second kappa shape index (κ2) is 5.85. The highest BCUT2D eigenvalue weighted by Gasteiger charge is 2.18. The minimum atomic E-state index is -0.0352. The van der Waals surface area contributed by atoms with E-state index in [1.54, 1.807) is 0 Å². The average molecular weight is 300 g/mol. The highest BCUT2D eigenvalue weighted by atomic mass is 79.9. The van der Waals surface area contributed by atoms with Crippen LogP contribution >= 0.6 is 15.9 Å². The Kier molecular flexibility index (Phi) is 4.42. The molecule has 1 saturated heterocycles. The van der Waals surface area contributed by atoms with Crippen LogP contribution in [0.15, 0.2) is 22.7 Å². The molecule has 1 aromatic rings. The van der Waals surface area contributed by atoms with Crippen LogP contribution in [-0.4, -0.2) is 19.3 Å². The van der Waals surface area contributed by atoms with Crippen molar-refractivity contribution < 1.29 is 9.47 Å².